The number of hydrogen-bond donors (Lipinski definition) is 1. The summed E-state index contributed by atoms with van der Waals surface area (Å²) in [6.07, 6.45) is 12.1. The van der Waals surface area contributed by atoms with Gasteiger partial charge >= 0.3 is 5.97 Å². The van der Waals surface area contributed by atoms with Gasteiger partial charge in [0.25, 0.3) is 0 Å². The van der Waals surface area contributed by atoms with Crippen LogP contribution in [-0.4, -0.2) is 50.2 Å². The molecule has 0 spiro atoms. The molecule has 0 amide bonds. The van der Waals surface area contributed by atoms with Gasteiger partial charge in [-0.05, 0) is 6.42 Å². The molecule has 0 aromatic heterocycles. The highest BCUT2D eigenvalue weighted by Crippen LogP contribution is 2.10. The highest BCUT2D eigenvalue weighted by Gasteiger charge is 2.10. The van der Waals surface area contributed by atoms with Crippen molar-refractivity contribution in [3.05, 3.63) is 0 Å². The highest BCUT2D eigenvalue weighted by atomic mass is 16.5. The van der Waals surface area contributed by atoms with Gasteiger partial charge in [0.1, 0.15) is 6.61 Å². The lowest BCUT2D eigenvalue weighted by molar-refractivity contribution is -0.144. The summed E-state index contributed by atoms with van der Waals surface area (Å²) in [4.78, 5) is 14.0. The predicted octanol–water partition coefficient (Wildman–Crippen LogP) is 3.36. The summed E-state index contributed by atoms with van der Waals surface area (Å²) in [6, 6.07) is 0. The van der Waals surface area contributed by atoms with Crippen molar-refractivity contribution in [1.29, 1.82) is 0 Å². The van der Waals surface area contributed by atoms with E-state index in [0.717, 1.165) is 39.1 Å². The zero-order valence-corrected chi connectivity index (χ0v) is 14.6. The molecule has 1 heterocycles. The van der Waals surface area contributed by atoms with E-state index in [4.69, 9.17) is 4.74 Å². The summed E-state index contributed by atoms with van der Waals surface area (Å²) in [5.74, 6) is -0.0157. The second-order valence-corrected chi connectivity index (χ2v) is 6.39. The molecule has 1 N–H and O–H groups in total. The molecule has 0 saturated carbocycles. The third-order valence-electron chi connectivity index (χ3n) is 4.36. The van der Waals surface area contributed by atoms with Crippen LogP contribution in [0.15, 0.2) is 0 Å². The fourth-order valence-electron chi connectivity index (χ4n) is 2.88. The van der Waals surface area contributed by atoms with E-state index in [1.807, 2.05) is 0 Å². The third kappa shape index (κ3) is 11.0. The molecule has 22 heavy (non-hydrogen) atoms. The molecule has 4 nitrogen and oxygen atoms in total. The van der Waals surface area contributed by atoms with Gasteiger partial charge in [-0.3, -0.25) is 9.69 Å². The number of esters is 1. The van der Waals surface area contributed by atoms with Gasteiger partial charge in [0.05, 0.1) is 0 Å². The number of nitrogens with zero attached hydrogens (tertiary/aromatic N) is 1. The highest BCUT2D eigenvalue weighted by molar-refractivity contribution is 5.69. The fourth-order valence-corrected chi connectivity index (χ4v) is 2.88. The molecule has 1 fully saturated rings. The summed E-state index contributed by atoms with van der Waals surface area (Å²) >= 11 is 0. The van der Waals surface area contributed by atoms with Crippen LogP contribution in [0.25, 0.3) is 0 Å². The molecule has 4 heteroatoms. The van der Waals surface area contributed by atoms with Crippen molar-refractivity contribution in [3.63, 3.8) is 0 Å². The van der Waals surface area contributed by atoms with E-state index < -0.39 is 0 Å². The molecular weight excluding hydrogens is 276 g/mol. The zero-order chi connectivity index (χ0) is 15.9. The lowest BCUT2D eigenvalue weighted by Crippen LogP contribution is -2.44. The Morgan fingerprint density at radius 2 is 1.55 bits per heavy atom. The molecular formula is C18H36N2O2. The minimum Gasteiger partial charge on any atom is -0.464 e. The van der Waals surface area contributed by atoms with E-state index in [0.29, 0.717) is 13.0 Å². The van der Waals surface area contributed by atoms with Gasteiger partial charge in [-0.25, -0.2) is 0 Å². The van der Waals surface area contributed by atoms with Gasteiger partial charge in [0, 0.05) is 39.1 Å². The van der Waals surface area contributed by atoms with Crippen LogP contribution in [0.4, 0.5) is 0 Å². The topological polar surface area (TPSA) is 41.6 Å². The van der Waals surface area contributed by atoms with Crippen LogP contribution in [0, 0.1) is 0 Å². The van der Waals surface area contributed by atoms with Crippen LogP contribution in [-0.2, 0) is 9.53 Å². The van der Waals surface area contributed by atoms with Crippen LogP contribution >= 0.6 is 0 Å². The van der Waals surface area contributed by atoms with Gasteiger partial charge in [-0.2, -0.15) is 0 Å². The molecule has 0 aromatic carbocycles. The minimum atomic E-state index is -0.0157. The number of rotatable bonds is 13. The predicted molar refractivity (Wildman–Crippen MR) is 92.1 cm³/mol. The average molecular weight is 312 g/mol. The van der Waals surface area contributed by atoms with Gasteiger partial charge in [-0.1, -0.05) is 58.3 Å². The second-order valence-electron chi connectivity index (χ2n) is 6.39. The van der Waals surface area contributed by atoms with Crippen molar-refractivity contribution in [2.45, 2.75) is 71.1 Å². The maximum Gasteiger partial charge on any atom is 0.305 e. The normalized spacial score (nSPS) is 15.9. The second kappa shape index (κ2) is 14.0. The Balaban J connectivity index is 1.81. The van der Waals surface area contributed by atoms with Gasteiger partial charge < -0.3 is 10.1 Å². The SMILES string of the molecule is CCCCCCCCCCCC(=O)OCCN1CCNCC1. The molecule has 0 unspecified atom stereocenters. The summed E-state index contributed by atoms with van der Waals surface area (Å²) < 4.78 is 5.32. The largest absolute Gasteiger partial charge is 0.464 e. The lowest BCUT2D eigenvalue weighted by Gasteiger charge is -2.26. The quantitative estimate of drug-likeness (QED) is 0.418. The fraction of sp³-hybridized carbons (Fsp3) is 0.944. The first-order valence-electron chi connectivity index (χ1n) is 9.41. The lowest BCUT2D eigenvalue weighted by atomic mass is 10.1. The van der Waals surface area contributed by atoms with E-state index in [9.17, 15) is 4.79 Å². The van der Waals surface area contributed by atoms with Gasteiger partial charge in [0.15, 0.2) is 0 Å². The first-order valence-corrected chi connectivity index (χ1v) is 9.41. The Morgan fingerprint density at radius 1 is 0.955 bits per heavy atom. The van der Waals surface area contributed by atoms with Crippen molar-refractivity contribution >= 4 is 5.97 Å². The van der Waals surface area contributed by atoms with E-state index in [-0.39, 0.29) is 5.97 Å². The summed E-state index contributed by atoms with van der Waals surface area (Å²) in [7, 11) is 0. The molecule has 0 aromatic rings. The number of carbonyl (C=O) groups is 1. The number of ether oxygens (including phenoxy) is 1. The van der Waals surface area contributed by atoms with Crippen LogP contribution in [0.5, 0.6) is 0 Å². The maximum atomic E-state index is 11.6. The number of hydrogen-bond acceptors (Lipinski definition) is 4. The number of carbonyl (C=O) groups excluding carboxylic acids is 1. The Morgan fingerprint density at radius 3 is 2.18 bits per heavy atom. The molecule has 0 bridgehead atoms. The van der Waals surface area contributed by atoms with Crippen LogP contribution in [0.1, 0.15) is 71.1 Å². The molecule has 0 atom stereocenters. The summed E-state index contributed by atoms with van der Waals surface area (Å²) in [5.41, 5.74) is 0. The van der Waals surface area contributed by atoms with Crippen LogP contribution < -0.4 is 5.32 Å². The van der Waals surface area contributed by atoms with Crippen LogP contribution in [0.2, 0.25) is 0 Å². The Kier molecular flexibility index (Phi) is 12.4. The molecule has 0 aliphatic carbocycles. The van der Waals surface area contributed by atoms with Crippen molar-refractivity contribution in [2.24, 2.45) is 0 Å². The van der Waals surface area contributed by atoms with Crippen molar-refractivity contribution < 1.29 is 9.53 Å². The molecule has 1 aliphatic heterocycles. The average Bonchev–Trinajstić information content (AvgIpc) is 2.54. The van der Waals surface area contributed by atoms with Crippen LogP contribution in [0.3, 0.4) is 0 Å². The Hall–Kier alpha value is -0.610. The standard InChI is InChI=1S/C18H36N2O2/c1-2-3-4-5-6-7-8-9-10-11-18(21)22-17-16-20-14-12-19-13-15-20/h19H,2-17H2,1H3. The summed E-state index contributed by atoms with van der Waals surface area (Å²) in [5, 5.41) is 3.32. The zero-order valence-electron chi connectivity index (χ0n) is 14.6. The van der Waals surface area contributed by atoms with E-state index in [1.54, 1.807) is 0 Å². The minimum absolute atomic E-state index is 0.0157. The number of piperazine rings is 1. The summed E-state index contributed by atoms with van der Waals surface area (Å²) in [6.45, 7) is 7.91. The van der Waals surface area contributed by atoms with E-state index >= 15 is 0 Å². The third-order valence-corrected chi connectivity index (χ3v) is 4.36. The molecule has 1 saturated heterocycles. The van der Waals surface area contributed by atoms with E-state index in [1.165, 1.54) is 51.4 Å². The smallest absolute Gasteiger partial charge is 0.305 e. The number of unbranched alkanes of at least 4 members (excludes halogenated alkanes) is 8. The molecule has 1 aliphatic rings. The molecule has 1 rings (SSSR count). The Bertz CT molecular complexity index is 266. The first kappa shape index (κ1) is 19.4. The Labute approximate surface area is 137 Å². The van der Waals surface area contributed by atoms with E-state index in [2.05, 4.69) is 17.1 Å². The van der Waals surface area contributed by atoms with Gasteiger partial charge in [0.2, 0.25) is 0 Å². The maximum absolute atomic E-state index is 11.6. The number of nitrogens with one attached hydrogen (secondary N) is 1. The first-order chi connectivity index (χ1) is 10.8. The molecule has 130 valence electrons. The van der Waals surface area contributed by atoms with Crippen molar-refractivity contribution in [2.75, 3.05) is 39.3 Å². The van der Waals surface area contributed by atoms with Crippen molar-refractivity contribution in [3.8, 4) is 0 Å². The monoisotopic (exact) mass is 312 g/mol. The van der Waals surface area contributed by atoms with Crippen molar-refractivity contribution in [1.82, 2.24) is 10.2 Å². The van der Waals surface area contributed by atoms with Gasteiger partial charge in [-0.15, -0.1) is 0 Å². The molecule has 0 radical (unpaired) electrons.